The molecular formula is C23H20N4O2. The van der Waals surface area contributed by atoms with E-state index in [4.69, 9.17) is 4.42 Å². The first-order valence-corrected chi connectivity index (χ1v) is 9.25. The van der Waals surface area contributed by atoms with Crippen molar-refractivity contribution in [3.05, 3.63) is 89.7 Å². The van der Waals surface area contributed by atoms with E-state index < -0.39 is 0 Å². The Balaban J connectivity index is 1.48. The molecule has 144 valence electrons. The molecule has 0 saturated carbocycles. The van der Waals surface area contributed by atoms with Crippen LogP contribution >= 0.6 is 0 Å². The van der Waals surface area contributed by atoms with Crippen LogP contribution < -0.4 is 0 Å². The first-order chi connectivity index (χ1) is 14.1. The van der Waals surface area contributed by atoms with E-state index in [-0.39, 0.29) is 5.91 Å². The molecule has 0 saturated heterocycles. The van der Waals surface area contributed by atoms with Crippen molar-refractivity contribution in [1.82, 2.24) is 20.1 Å². The van der Waals surface area contributed by atoms with Gasteiger partial charge in [-0.1, -0.05) is 23.8 Å². The average Bonchev–Trinajstić information content (AvgIpc) is 3.25. The van der Waals surface area contributed by atoms with E-state index in [1.807, 2.05) is 55.5 Å². The molecule has 0 radical (unpaired) electrons. The van der Waals surface area contributed by atoms with Crippen LogP contribution in [-0.4, -0.2) is 33.0 Å². The van der Waals surface area contributed by atoms with Crippen LogP contribution in [-0.2, 0) is 6.54 Å². The highest BCUT2D eigenvalue weighted by Crippen LogP contribution is 2.24. The SMILES string of the molecule is Cc1ccc(-c2nnc(-c3ccc(C(=O)N(C)Cc4cccnc4)cc3)o2)cc1. The fourth-order valence-corrected chi connectivity index (χ4v) is 2.97. The molecule has 6 nitrogen and oxygen atoms in total. The molecule has 2 aromatic heterocycles. The summed E-state index contributed by atoms with van der Waals surface area (Å²) in [7, 11) is 1.77. The highest BCUT2D eigenvalue weighted by molar-refractivity contribution is 5.94. The molecule has 0 aliphatic carbocycles. The summed E-state index contributed by atoms with van der Waals surface area (Å²) in [5, 5.41) is 8.26. The predicted octanol–water partition coefficient (Wildman–Crippen LogP) is 4.38. The van der Waals surface area contributed by atoms with Crippen LogP contribution in [0.15, 0.2) is 77.5 Å². The molecule has 0 bridgehead atoms. The zero-order valence-electron chi connectivity index (χ0n) is 16.2. The maximum Gasteiger partial charge on any atom is 0.253 e. The molecule has 0 N–H and O–H groups in total. The van der Waals surface area contributed by atoms with Crippen LogP contribution in [0.5, 0.6) is 0 Å². The van der Waals surface area contributed by atoms with Crippen molar-refractivity contribution in [2.45, 2.75) is 13.5 Å². The smallest absolute Gasteiger partial charge is 0.253 e. The average molecular weight is 384 g/mol. The molecule has 0 fully saturated rings. The van der Waals surface area contributed by atoms with Crippen LogP contribution in [0.2, 0.25) is 0 Å². The summed E-state index contributed by atoms with van der Waals surface area (Å²) in [6.45, 7) is 2.53. The van der Waals surface area contributed by atoms with E-state index in [0.717, 1.165) is 16.7 Å². The van der Waals surface area contributed by atoms with Crippen molar-refractivity contribution in [2.24, 2.45) is 0 Å². The van der Waals surface area contributed by atoms with Gasteiger partial charge in [0.15, 0.2) is 0 Å². The molecule has 0 atom stereocenters. The number of aromatic nitrogens is 3. The highest BCUT2D eigenvalue weighted by Gasteiger charge is 2.14. The van der Waals surface area contributed by atoms with Gasteiger partial charge in [0.05, 0.1) is 0 Å². The maximum atomic E-state index is 12.7. The van der Waals surface area contributed by atoms with Gasteiger partial charge in [0.25, 0.3) is 5.91 Å². The van der Waals surface area contributed by atoms with Crippen molar-refractivity contribution in [1.29, 1.82) is 0 Å². The van der Waals surface area contributed by atoms with E-state index in [2.05, 4.69) is 15.2 Å². The largest absolute Gasteiger partial charge is 0.416 e. The molecule has 0 aliphatic heterocycles. The van der Waals surface area contributed by atoms with E-state index in [1.54, 1.807) is 36.5 Å². The number of nitrogens with zero attached hydrogens (tertiary/aromatic N) is 4. The van der Waals surface area contributed by atoms with Gasteiger partial charge in [0, 0.05) is 42.7 Å². The third-order valence-electron chi connectivity index (χ3n) is 4.59. The summed E-state index contributed by atoms with van der Waals surface area (Å²) >= 11 is 0. The van der Waals surface area contributed by atoms with Crippen LogP contribution in [0.1, 0.15) is 21.5 Å². The number of rotatable bonds is 5. The van der Waals surface area contributed by atoms with Gasteiger partial charge in [-0.05, 0) is 55.0 Å². The molecule has 0 spiro atoms. The number of carbonyl (C=O) groups is 1. The fourth-order valence-electron chi connectivity index (χ4n) is 2.97. The van der Waals surface area contributed by atoms with Gasteiger partial charge < -0.3 is 9.32 Å². The second-order valence-electron chi connectivity index (χ2n) is 6.88. The molecule has 29 heavy (non-hydrogen) atoms. The molecular weight excluding hydrogens is 364 g/mol. The number of carbonyl (C=O) groups excluding carboxylic acids is 1. The summed E-state index contributed by atoms with van der Waals surface area (Å²) in [5.41, 5.74) is 4.38. The van der Waals surface area contributed by atoms with E-state index >= 15 is 0 Å². The second kappa shape index (κ2) is 8.06. The van der Waals surface area contributed by atoms with Gasteiger partial charge in [-0.2, -0.15) is 0 Å². The monoisotopic (exact) mass is 384 g/mol. The summed E-state index contributed by atoms with van der Waals surface area (Å²) in [4.78, 5) is 18.4. The van der Waals surface area contributed by atoms with Crippen molar-refractivity contribution < 1.29 is 9.21 Å². The molecule has 6 heteroatoms. The van der Waals surface area contributed by atoms with E-state index in [0.29, 0.717) is 23.9 Å². The Morgan fingerprint density at radius 1 is 0.931 bits per heavy atom. The normalized spacial score (nSPS) is 10.7. The van der Waals surface area contributed by atoms with Gasteiger partial charge >= 0.3 is 0 Å². The lowest BCUT2D eigenvalue weighted by molar-refractivity contribution is 0.0785. The zero-order valence-corrected chi connectivity index (χ0v) is 16.2. The van der Waals surface area contributed by atoms with Crippen molar-refractivity contribution in [3.8, 4) is 22.9 Å². The zero-order chi connectivity index (χ0) is 20.2. The molecule has 2 aromatic carbocycles. The Hall–Kier alpha value is -3.80. The number of amides is 1. The maximum absolute atomic E-state index is 12.7. The van der Waals surface area contributed by atoms with Gasteiger partial charge in [0.2, 0.25) is 11.8 Å². The summed E-state index contributed by atoms with van der Waals surface area (Å²) < 4.78 is 5.80. The molecule has 2 heterocycles. The first kappa shape index (κ1) is 18.6. The topological polar surface area (TPSA) is 72.1 Å². The number of hydrogen-bond donors (Lipinski definition) is 0. The van der Waals surface area contributed by atoms with Crippen molar-refractivity contribution in [3.63, 3.8) is 0 Å². The summed E-state index contributed by atoms with van der Waals surface area (Å²) in [6.07, 6.45) is 3.47. The molecule has 1 amide bonds. The number of pyridine rings is 1. The number of hydrogen-bond acceptors (Lipinski definition) is 5. The quantitative estimate of drug-likeness (QED) is 0.511. The predicted molar refractivity (Wildman–Crippen MR) is 110 cm³/mol. The van der Waals surface area contributed by atoms with Crippen molar-refractivity contribution in [2.75, 3.05) is 7.05 Å². The second-order valence-corrected chi connectivity index (χ2v) is 6.88. The molecule has 0 aliphatic rings. The standard InChI is InChI=1S/C23H20N4O2/c1-16-5-7-18(8-6-16)21-25-26-22(29-21)19-9-11-20(12-10-19)23(28)27(2)15-17-4-3-13-24-14-17/h3-14H,15H2,1-2H3. The fraction of sp³-hybridized carbons (Fsp3) is 0.130. The van der Waals surface area contributed by atoms with E-state index in [9.17, 15) is 4.79 Å². The minimum Gasteiger partial charge on any atom is -0.416 e. The van der Waals surface area contributed by atoms with Gasteiger partial charge in [-0.3, -0.25) is 9.78 Å². The van der Waals surface area contributed by atoms with Gasteiger partial charge in [-0.15, -0.1) is 10.2 Å². The number of benzene rings is 2. The third kappa shape index (κ3) is 4.21. The minimum atomic E-state index is -0.0636. The molecule has 4 rings (SSSR count). The highest BCUT2D eigenvalue weighted by atomic mass is 16.4. The van der Waals surface area contributed by atoms with Crippen LogP contribution in [0.3, 0.4) is 0 Å². The third-order valence-corrected chi connectivity index (χ3v) is 4.59. The Bertz CT molecular complexity index is 1100. The Morgan fingerprint density at radius 2 is 1.55 bits per heavy atom. The Morgan fingerprint density at radius 3 is 2.14 bits per heavy atom. The van der Waals surface area contributed by atoms with Crippen LogP contribution in [0, 0.1) is 6.92 Å². The molecule has 0 unspecified atom stereocenters. The lowest BCUT2D eigenvalue weighted by atomic mass is 10.1. The van der Waals surface area contributed by atoms with Crippen molar-refractivity contribution >= 4 is 5.91 Å². The summed E-state index contributed by atoms with van der Waals surface area (Å²) in [6, 6.07) is 18.9. The van der Waals surface area contributed by atoms with E-state index in [1.165, 1.54) is 5.56 Å². The first-order valence-electron chi connectivity index (χ1n) is 9.25. The Labute approximate surface area is 168 Å². The number of aryl methyl sites for hydroxylation is 1. The summed E-state index contributed by atoms with van der Waals surface area (Å²) in [5.74, 6) is 0.825. The van der Waals surface area contributed by atoms with Gasteiger partial charge in [0.1, 0.15) is 0 Å². The van der Waals surface area contributed by atoms with Crippen LogP contribution in [0.4, 0.5) is 0 Å². The Kier molecular flexibility index (Phi) is 5.16. The van der Waals surface area contributed by atoms with Crippen LogP contribution in [0.25, 0.3) is 22.9 Å². The molecule has 4 aromatic rings. The van der Waals surface area contributed by atoms with Gasteiger partial charge in [-0.25, -0.2) is 0 Å². The lowest BCUT2D eigenvalue weighted by Crippen LogP contribution is -2.26. The minimum absolute atomic E-state index is 0.0636. The lowest BCUT2D eigenvalue weighted by Gasteiger charge is -2.17.